The summed E-state index contributed by atoms with van der Waals surface area (Å²) in [4.78, 5) is 31.8. The van der Waals surface area contributed by atoms with Crippen LogP contribution in [0.15, 0.2) is 18.2 Å². The third-order valence-electron chi connectivity index (χ3n) is 2.02. The molecule has 0 fully saturated rings. The number of rotatable bonds is 4. The van der Waals surface area contributed by atoms with Gasteiger partial charge in [-0.2, -0.15) is 5.26 Å². The van der Waals surface area contributed by atoms with E-state index in [9.17, 15) is 19.7 Å². The number of nitrogens with zero attached hydrogens (tertiary/aromatic N) is 2. The van der Waals surface area contributed by atoms with Crippen LogP contribution in [0.5, 0.6) is 0 Å². The monoisotopic (exact) mass is 263 g/mol. The first-order chi connectivity index (χ1) is 8.93. The molecule has 0 radical (unpaired) electrons. The summed E-state index contributed by atoms with van der Waals surface area (Å²) in [5.74, 6) is -1.25. The topological polar surface area (TPSA) is 122 Å². The molecule has 0 aliphatic rings. The fourth-order valence-electron chi connectivity index (χ4n) is 1.20. The molecular weight excluding hydrogens is 254 g/mol. The van der Waals surface area contributed by atoms with Crippen molar-refractivity contribution in [2.75, 3.05) is 11.9 Å². The van der Waals surface area contributed by atoms with E-state index < -0.39 is 23.4 Å². The van der Waals surface area contributed by atoms with E-state index in [1.807, 2.05) is 0 Å². The van der Waals surface area contributed by atoms with E-state index in [2.05, 4.69) is 10.1 Å². The average molecular weight is 263 g/mol. The number of nitro groups is 1. The number of esters is 1. The Morgan fingerprint density at radius 3 is 2.74 bits per heavy atom. The number of non-ortho nitro benzene ring substituents is 1. The van der Waals surface area contributed by atoms with Gasteiger partial charge in [-0.3, -0.25) is 19.7 Å². The number of nitro benzene ring substituents is 1. The third kappa shape index (κ3) is 4.08. The van der Waals surface area contributed by atoms with Crippen LogP contribution in [0.1, 0.15) is 12.5 Å². The molecule has 1 rings (SSSR count). The van der Waals surface area contributed by atoms with Crippen LogP contribution in [0.2, 0.25) is 0 Å². The van der Waals surface area contributed by atoms with Crippen LogP contribution in [-0.4, -0.2) is 23.4 Å². The highest BCUT2D eigenvalue weighted by Gasteiger charge is 2.13. The number of ether oxygens (including phenoxy) is 1. The summed E-state index contributed by atoms with van der Waals surface area (Å²) < 4.78 is 4.47. The first kappa shape index (κ1) is 14.1. The second kappa shape index (κ2) is 6.11. The Hall–Kier alpha value is -2.95. The number of nitrogens with one attached hydrogen (secondary N) is 1. The van der Waals surface area contributed by atoms with Crippen LogP contribution in [0.25, 0.3) is 0 Å². The van der Waals surface area contributed by atoms with Crippen LogP contribution in [0.3, 0.4) is 0 Å². The Balaban J connectivity index is 2.84. The molecule has 0 spiro atoms. The summed E-state index contributed by atoms with van der Waals surface area (Å²) >= 11 is 0. The van der Waals surface area contributed by atoms with Gasteiger partial charge in [0.15, 0.2) is 6.61 Å². The summed E-state index contributed by atoms with van der Waals surface area (Å²) in [6, 6.07) is 5.17. The highest BCUT2D eigenvalue weighted by molar-refractivity contribution is 5.94. The number of amides is 1. The molecule has 0 heterocycles. The second-order valence-electron chi connectivity index (χ2n) is 3.43. The van der Waals surface area contributed by atoms with Gasteiger partial charge in [-0.1, -0.05) is 0 Å². The van der Waals surface area contributed by atoms with Gasteiger partial charge in [0.1, 0.15) is 6.07 Å². The van der Waals surface area contributed by atoms with Crippen molar-refractivity contribution in [3.05, 3.63) is 33.9 Å². The van der Waals surface area contributed by atoms with Crippen molar-refractivity contribution in [1.29, 1.82) is 5.26 Å². The van der Waals surface area contributed by atoms with Crippen molar-refractivity contribution in [2.24, 2.45) is 0 Å². The Kier molecular flexibility index (Phi) is 4.54. The summed E-state index contributed by atoms with van der Waals surface area (Å²) in [5.41, 5.74) is -0.190. The summed E-state index contributed by atoms with van der Waals surface area (Å²) in [6.07, 6.45) is 0. The molecule has 1 aromatic rings. The predicted octanol–water partition coefficient (Wildman–Crippen LogP) is 0.968. The van der Waals surface area contributed by atoms with E-state index in [4.69, 9.17) is 5.26 Å². The molecule has 98 valence electrons. The summed E-state index contributed by atoms with van der Waals surface area (Å²) in [7, 11) is 0. The Labute approximate surface area is 107 Å². The normalized spacial score (nSPS) is 9.26. The van der Waals surface area contributed by atoms with Gasteiger partial charge in [0.2, 0.25) is 0 Å². The Bertz CT molecular complexity index is 576. The number of anilines is 1. The van der Waals surface area contributed by atoms with Gasteiger partial charge in [0.25, 0.3) is 11.6 Å². The van der Waals surface area contributed by atoms with Crippen molar-refractivity contribution >= 4 is 23.3 Å². The molecule has 1 N–H and O–H groups in total. The molecule has 0 aromatic heterocycles. The van der Waals surface area contributed by atoms with Crippen LogP contribution in [0.4, 0.5) is 11.4 Å². The fourth-order valence-corrected chi connectivity index (χ4v) is 1.20. The van der Waals surface area contributed by atoms with Crippen molar-refractivity contribution in [2.45, 2.75) is 6.92 Å². The average Bonchev–Trinajstić information content (AvgIpc) is 2.36. The molecule has 8 heteroatoms. The van der Waals surface area contributed by atoms with Crippen molar-refractivity contribution < 1.29 is 19.2 Å². The van der Waals surface area contributed by atoms with Gasteiger partial charge in [0.05, 0.1) is 16.2 Å². The van der Waals surface area contributed by atoms with Crippen LogP contribution in [-0.2, 0) is 14.3 Å². The maximum Gasteiger partial charge on any atom is 0.303 e. The summed E-state index contributed by atoms with van der Waals surface area (Å²) in [6.45, 7) is 0.664. The zero-order valence-corrected chi connectivity index (χ0v) is 9.87. The fraction of sp³-hybridized carbons (Fsp3) is 0.182. The van der Waals surface area contributed by atoms with E-state index >= 15 is 0 Å². The maximum atomic E-state index is 11.4. The largest absolute Gasteiger partial charge is 0.456 e. The minimum absolute atomic E-state index is 0.0506. The molecule has 1 aromatic carbocycles. The van der Waals surface area contributed by atoms with E-state index in [1.54, 1.807) is 6.07 Å². The molecule has 0 aliphatic heterocycles. The predicted molar refractivity (Wildman–Crippen MR) is 63.1 cm³/mol. The number of carbonyl (C=O) groups excluding carboxylic acids is 2. The first-order valence-corrected chi connectivity index (χ1v) is 5.05. The molecule has 8 nitrogen and oxygen atoms in total. The quantitative estimate of drug-likeness (QED) is 0.490. The van der Waals surface area contributed by atoms with Gasteiger partial charge in [-0.05, 0) is 6.07 Å². The van der Waals surface area contributed by atoms with Crippen LogP contribution >= 0.6 is 0 Å². The molecule has 0 aliphatic carbocycles. The zero-order chi connectivity index (χ0) is 14.4. The van der Waals surface area contributed by atoms with Crippen LogP contribution < -0.4 is 5.32 Å². The van der Waals surface area contributed by atoms with Gasteiger partial charge in [-0.25, -0.2) is 0 Å². The third-order valence-corrected chi connectivity index (χ3v) is 2.02. The number of hydrogen-bond acceptors (Lipinski definition) is 6. The van der Waals surface area contributed by atoms with E-state index in [-0.39, 0.29) is 16.9 Å². The lowest BCUT2D eigenvalue weighted by molar-refractivity contribution is -0.384. The van der Waals surface area contributed by atoms with Gasteiger partial charge in [-0.15, -0.1) is 0 Å². The molecule has 0 saturated carbocycles. The highest BCUT2D eigenvalue weighted by Crippen LogP contribution is 2.21. The number of carbonyl (C=O) groups is 2. The lowest BCUT2D eigenvalue weighted by atomic mass is 10.1. The number of hydrogen-bond donors (Lipinski definition) is 1. The van der Waals surface area contributed by atoms with E-state index in [0.717, 1.165) is 19.1 Å². The van der Waals surface area contributed by atoms with Crippen molar-refractivity contribution in [1.82, 2.24) is 0 Å². The van der Waals surface area contributed by atoms with E-state index in [0.29, 0.717) is 0 Å². The second-order valence-corrected chi connectivity index (χ2v) is 3.43. The minimum atomic E-state index is -0.648. The Morgan fingerprint density at radius 1 is 1.53 bits per heavy atom. The molecule has 1 amide bonds. The maximum absolute atomic E-state index is 11.4. The van der Waals surface area contributed by atoms with Crippen molar-refractivity contribution in [3.8, 4) is 6.07 Å². The Morgan fingerprint density at radius 2 is 2.21 bits per heavy atom. The molecule has 0 atom stereocenters. The number of benzene rings is 1. The molecule has 19 heavy (non-hydrogen) atoms. The standard InChI is InChI=1S/C11H9N3O5/c1-7(15)19-6-11(16)13-10-3-2-9(14(17)18)4-8(10)5-12/h2-4H,6H2,1H3,(H,13,16). The smallest absolute Gasteiger partial charge is 0.303 e. The molecule has 0 bridgehead atoms. The lowest BCUT2D eigenvalue weighted by Crippen LogP contribution is -2.20. The first-order valence-electron chi connectivity index (χ1n) is 5.05. The SMILES string of the molecule is CC(=O)OCC(=O)Nc1ccc([N+](=O)[O-])cc1C#N. The highest BCUT2D eigenvalue weighted by atomic mass is 16.6. The lowest BCUT2D eigenvalue weighted by Gasteiger charge is -2.06. The van der Waals surface area contributed by atoms with Crippen molar-refractivity contribution in [3.63, 3.8) is 0 Å². The number of nitriles is 1. The minimum Gasteiger partial charge on any atom is -0.456 e. The molecule has 0 saturated heterocycles. The molecule has 0 unspecified atom stereocenters. The van der Waals surface area contributed by atoms with E-state index in [1.165, 1.54) is 6.07 Å². The molecular formula is C11H9N3O5. The zero-order valence-electron chi connectivity index (χ0n) is 9.87. The summed E-state index contributed by atoms with van der Waals surface area (Å²) in [5, 5.41) is 21.7. The van der Waals surface area contributed by atoms with Gasteiger partial charge in [0, 0.05) is 19.1 Å². The van der Waals surface area contributed by atoms with Crippen LogP contribution in [0, 0.1) is 21.4 Å². The van der Waals surface area contributed by atoms with Gasteiger partial charge < -0.3 is 10.1 Å². The van der Waals surface area contributed by atoms with Gasteiger partial charge >= 0.3 is 5.97 Å².